The number of pyridine rings is 1. The molecule has 136 valence electrons. The minimum atomic E-state index is -4.66. The highest BCUT2D eigenvalue weighted by Gasteiger charge is 2.37. The molecule has 3 aromatic heterocycles. The summed E-state index contributed by atoms with van der Waals surface area (Å²) in [4.78, 5) is 23.8. The minimum absolute atomic E-state index is 0.0720. The van der Waals surface area contributed by atoms with Crippen molar-refractivity contribution in [2.75, 3.05) is 5.32 Å². The van der Waals surface area contributed by atoms with Gasteiger partial charge in [-0.2, -0.15) is 18.2 Å². The highest BCUT2D eigenvalue weighted by atomic mass is 19.4. The normalized spacial score (nSPS) is 11.8. The lowest BCUT2D eigenvalue weighted by Gasteiger charge is -2.10. The molecule has 3 heterocycles. The number of hydrogen-bond donors (Lipinski definition) is 1. The van der Waals surface area contributed by atoms with Gasteiger partial charge in [0.2, 0.25) is 5.91 Å². The van der Waals surface area contributed by atoms with Crippen LogP contribution >= 0.6 is 0 Å². The Balaban J connectivity index is 1.89. The van der Waals surface area contributed by atoms with E-state index in [-0.39, 0.29) is 18.1 Å². The molecule has 7 nitrogen and oxygen atoms in total. The molecular weight excluding hydrogens is 349 g/mol. The van der Waals surface area contributed by atoms with Crippen LogP contribution < -0.4 is 5.32 Å². The summed E-state index contributed by atoms with van der Waals surface area (Å²) >= 11 is 0. The summed E-state index contributed by atoms with van der Waals surface area (Å²) in [5.41, 5.74) is 2.24. The Morgan fingerprint density at radius 1 is 1.19 bits per heavy atom. The third-order valence-corrected chi connectivity index (χ3v) is 3.82. The summed E-state index contributed by atoms with van der Waals surface area (Å²) in [5, 5.41) is 6.11. The maximum Gasteiger partial charge on any atom is 0.453 e. The van der Waals surface area contributed by atoms with Crippen LogP contribution in [0.5, 0.6) is 0 Å². The monoisotopic (exact) mass is 364 g/mol. The van der Waals surface area contributed by atoms with Crippen molar-refractivity contribution in [2.45, 2.75) is 33.4 Å². The molecule has 0 unspecified atom stereocenters. The first-order valence-electron chi connectivity index (χ1n) is 7.67. The zero-order valence-electron chi connectivity index (χ0n) is 14.2. The quantitative estimate of drug-likeness (QED) is 0.772. The highest BCUT2D eigenvalue weighted by Crippen LogP contribution is 2.27. The molecule has 0 spiro atoms. The SMILES string of the molecule is Cc1ccc(NC(=O)Cc2c(C)nc3nc(C(F)(F)F)nn3c2C)nc1. The standard InChI is InChI=1S/C16H15F3N6O/c1-8-4-5-12(20-7-8)22-13(26)6-11-9(2)21-15-23-14(16(17,18)19)24-25(15)10(11)3/h4-5,7H,6H2,1-3H3,(H,20,22,26). The van der Waals surface area contributed by atoms with E-state index in [0.717, 1.165) is 10.1 Å². The molecule has 0 fully saturated rings. The number of fused-ring (bicyclic) bond motifs is 1. The van der Waals surface area contributed by atoms with E-state index in [0.29, 0.717) is 22.8 Å². The van der Waals surface area contributed by atoms with Crippen LogP contribution in [-0.2, 0) is 17.4 Å². The van der Waals surface area contributed by atoms with Crippen molar-refractivity contribution in [2.24, 2.45) is 0 Å². The van der Waals surface area contributed by atoms with Gasteiger partial charge in [-0.25, -0.2) is 14.5 Å². The number of nitrogens with one attached hydrogen (secondary N) is 1. The number of anilines is 1. The maximum absolute atomic E-state index is 12.8. The zero-order chi connectivity index (χ0) is 19.1. The molecule has 0 aliphatic carbocycles. The van der Waals surface area contributed by atoms with Gasteiger partial charge < -0.3 is 5.32 Å². The van der Waals surface area contributed by atoms with Gasteiger partial charge in [-0.05, 0) is 32.4 Å². The van der Waals surface area contributed by atoms with Crippen molar-refractivity contribution < 1.29 is 18.0 Å². The molecule has 0 radical (unpaired) electrons. The lowest BCUT2D eigenvalue weighted by molar-refractivity contribution is -0.144. The van der Waals surface area contributed by atoms with E-state index in [2.05, 4.69) is 25.4 Å². The second kappa shape index (κ2) is 6.36. The van der Waals surface area contributed by atoms with E-state index in [4.69, 9.17) is 0 Å². The largest absolute Gasteiger partial charge is 0.453 e. The molecule has 0 atom stereocenters. The van der Waals surface area contributed by atoms with Gasteiger partial charge in [-0.3, -0.25) is 4.79 Å². The summed E-state index contributed by atoms with van der Waals surface area (Å²) < 4.78 is 39.4. The molecule has 3 aromatic rings. The van der Waals surface area contributed by atoms with Crippen molar-refractivity contribution in [1.29, 1.82) is 0 Å². The molecule has 0 aliphatic heterocycles. The molecule has 1 N–H and O–H groups in total. The second-order valence-corrected chi connectivity index (χ2v) is 5.85. The Kier molecular flexibility index (Phi) is 4.34. The van der Waals surface area contributed by atoms with E-state index < -0.39 is 12.0 Å². The van der Waals surface area contributed by atoms with Gasteiger partial charge in [0.05, 0.1) is 6.42 Å². The van der Waals surface area contributed by atoms with E-state index in [1.54, 1.807) is 32.2 Å². The predicted octanol–water partition coefficient (Wildman–Crippen LogP) is 2.64. The topological polar surface area (TPSA) is 85.1 Å². The second-order valence-electron chi connectivity index (χ2n) is 5.85. The number of aromatic nitrogens is 5. The molecule has 3 rings (SSSR count). The first kappa shape index (κ1) is 17.8. The van der Waals surface area contributed by atoms with E-state index in [1.807, 2.05) is 6.92 Å². The van der Waals surface area contributed by atoms with Crippen LogP contribution in [-0.4, -0.2) is 30.5 Å². The number of carbonyl (C=O) groups is 1. The maximum atomic E-state index is 12.8. The average molecular weight is 364 g/mol. The average Bonchev–Trinajstić information content (AvgIpc) is 2.98. The molecule has 0 aliphatic rings. The molecule has 26 heavy (non-hydrogen) atoms. The number of halogens is 3. The molecule has 0 saturated carbocycles. The first-order chi connectivity index (χ1) is 12.1. The van der Waals surface area contributed by atoms with Gasteiger partial charge in [-0.1, -0.05) is 6.07 Å². The number of nitrogens with zero attached hydrogens (tertiary/aromatic N) is 5. The van der Waals surface area contributed by atoms with Crippen molar-refractivity contribution in [3.63, 3.8) is 0 Å². The van der Waals surface area contributed by atoms with Crippen molar-refractivity contribution >= 4 is 17.5 Å². The molecule has 0 aromatic carbocycles. The number of alkyl halides is 3. The van der Waals surface area contributed by atoms with Crippen LogP contribution in [0.3, 0.4) is 0 Å². The van der Waals surface area contributed by atoms with Crippen LogP contribution in [0.15, 0.2) is 18.3 Å². The van der Waals surface area contributed by atoms with Crippen molar-refractivity contribution in [3.05, 3.63) is 46.7 Å². The third-order valence-electron chi connectivity index (χ3n) is 3.82. The third kappa shape index (κ3) is 3.48. The number of aryl methyl sites for hydroxylation is 3. The van der Waals surface area contributed by atoms with Crippen LogP contribution in [0.1, 0.15) is 28.3 Å². The van der Waals surface area contributed by atoms with E-state index >= 15 is 0 Å². The fraction of sp³-hybridized carbons (Fsp3) is 0.312. The fourth-order valence-corrected chi connectivity index (χ4v) is 2.47. The van der Waals surface area contributed by atoms with Crippen LogP contribution in [0, 0.1) is 20.8 Å². The van der Waals surface area contributed by atoms with E-state index in [9.17, 15) is 18.0 Å². The Morgan fingerprint density at radius 2 is 1.92 bits per heavy atom. The Morgan fingerprint density at radius 3 is 2.54 bits per heavy atom. The van der Waals surface area contributed by atoms with Crippen LogP contribution in [0.4, 0.5) is 19.0 Å². The Hall–Kier alpha value is -3.04. The predicted molar refractivity (Wildman–Crippen MR) is 86.6 cm³/mol. The molecule has 0 saturated heterocycles. The molecule has 10 heteroatoms. The smallest absolute Gasteiger partial charge is 0.310 e. The molecule has 1 amide bonds. The van der Waals surface area contributed by atoms with Crippen LogP contribution in [0.25, 0.3) is 5.78 Å². The summed E-state index contributed by atoms with van der Waals surface area (Å²) in [7, 11) is 0. The van der Waals surface area contributed by atoms with Gasteiger partial charge >= 0.3 is 6.18 Å². The number of rotatable bonds is 3. The summed E-state index contributed by atoms with van der Waals surface area (Å²) in [6, 6.07) is 3.47. The Bertz CT molecular complexity index is 978. The summed E-state index contributed by atoms with van der Waals surface area (Å²) in [6.07, 6.45) is -3.12. The van der Waals surface area contributed by atoms with Gasteiger partial charge in [0.25, 0.3) is 11.6 Å². The number of amides is 1. The fourth-order valence-electron chi connectivity index (χ4n) is 2.47. The molecule has 0 bridgehead atoms. The zero-order valence-corrected chi connectivity index (χ0v) is 14.2. The van der Waals surface area contributed by atoms with Crippen molar-refractivity contribution in [3.8, 4) is 0 Å². The minimum Gasteiger partial charge on any atom is -0.310 e. The summed E-state index contributed by atoms with van der Waals surface area (Å²) in [5.74, 6) is -1.38. The Labute approximate surface area is 146 Å². The van der Waals surface area contributed by atoms with Gasteiger partial charge in [-0.15, -0.1) is 5.10 Å². The molecular formula is C16H15F3N6O. The van der Waals surface area contributed by atoms with Crippen LogP contribution in [0.2, 0.25) is 0 Å². The highest BCUT2D eigenvalue weighted by molar-refractivity contribution is 5.91. The van der Waals surface area contributed by atoms with Gasteiger partial charge in [0.1, 0.15) is 5.82 Å². The number of hydrogen-bond acceptors (Lipinski definition) is 5. The van der Waals surface area contributed by atoms with Gasteiger partial charge in [0.15, 0.2) is 0 Å². The lowest BCUT2D eigenvalue weighted by atomic mass is 10.1. The first-order valence-corrected chi connectivity index (χ1v) is 7.67. The summed E-state index contributed by atoms with van der Waals surface area (Å²) in [6.45, 7) is 5.06. The number of carbonyl (C=O) groups excluding carboxylic acids is 1. The van der Waals surface area contributed by atoms with Crippen molar-refractivity contribution in [1.82, 2.24) is 24.6 Å². The van der Waals surface area contributed by atoms with Gasteiger partial charge in [0, 0.05) is 23.1 Å². The lowest BCUT2D eigenvalue weighted by Crippen LogP contribution is -2.18. The van der Waals surface area contributed by atoms with E-state index in [1.165, 1.54) is 0 Å².